The zero-order valence-corrected chi connectivity index (χ0v) is 8.82. The second-order valence-corrected chi connectivity index (χ2v) is 3.76. The second kappa shape index (κ2) is 4.60. The van der Waals surface area contributed by atoms with E-state index in [9.17, 15) is 9.90 Å². The molecule has 0 heterocycles. The van der Waals surface area contributed by atoms with Crippen molar-refractivity contribution in [2.45, 2.75) is 38.7 Å². The summed E-state index contributed by atoms with van der Waals surface area (Å²) in [4.78, 5) is 11.4. The molecule has 0 amide bonds. The zero-order chi connectivity index (χ0) is 10.6. The van der Waals surface area contributed by atoms with Crippen molar-refractivity contribution in [3.05, 3.63) is 12.2 Å². The Bertz CT molecular complexity index is 235. The molecule has 0 aliphatic heterocycles. The van der Waals surface area contributed by atoms with Crippen LogP contribution in [0.25, 0.3) is 0 Å². The molecule has 1 rings (SSSR count). The van der Waals surface area contributed by atoms with Gasteiger partial charge in [-0.25, -0.2) is 0 Å². The van der Waals surface area contributed by atoms with Crippen LogP contribution in [0.15, 0.2) is 12.2 Å². The van der Waals surface area contributed by atoms with Crippen molar-refractivity contribution in [2.24, 2.45) is 5.92 Å². The van der Waals surface area contributed by atoms with E-state index < -0.39 is 11.5 Å². The summed E-state index contributed by atoms with van der Waals surface area (Å²) < 4.78 is 4.89. The van der Waals surface area contributed by atoms with Gasteiger partial charge in [0, 0.05) is 0 Å². The first kappa shape index (κ1) is 11.2. The number of esters is 1. The summed E-state index contributed by atoms with van der Waals surface area (Å²) >= 11 is 0. The number of carbonyl (C=O) groups excluding carboxylic acids is 1. The van der Waals surface area contributed by atoms with Crippen molar-refractivity contribution >= 4 is 5.97 Å². The highest BCUT2D eigenvalue weighted by molar-refractivity contribution is 5.74. The molecule has 0 saturated heterocycles. The lowest BCUT2D eigenvalue weighted by atomic mass is 9.81. The molecule has 2 atom stereocenters. The minimum absolute atomic E-state index is 0.318. The fraction of sp³-hybridized carbons (Fsp3) is 0.727. The fourth-order valence-electron chi connectivity index (χ4n) is 1.71. The number of rotatable bonds is 3. The third-order valence-corrected chi connectivity index (χ3v) is 2.74. The Hall–Kier alpha value is -0.830. The Kier molecular flexibility index (Phi) is 3.69. The number of ether oxygens (including phenoxy) is 1. The van der Waals surface area contributed by atoms with Gasteiger partial charge < -0.3 is 9.84 Å². The SMILES string of the molecule is CCOC(=O)[C@@H](C)[C@]1(O)C=CCCC1. The lowest BCUT2D eigenvalue weighted by Gasteiger charge is -2.31. The van der Waals surface area contributed by atoms with Crippen molar-refractivity contribution in [1.82, 2.24) is 0 Å². The molecule has 1 aliphatic carbocycles. The predicted octanol–water partition coefficient (Wildman–Crippen LogP) is 1.66. The largest absolute Gasteiger partial charge is 0.466 e. The van der Waals surface area contributed by atoms with Crippen molar-refractivity contribution in [3.63, 3.8) is 0 Å². The third kappa shape index (κ3) is 2.35. The van der Waals surface area contributed by atoms with Gasteiger partial charge in [-0.1, -0.05) is 12.2 Å². The van der Waals surface area contributed by atoms with Crippen LogP contribution in [0.1, 0.15) is 33.1 Å². The van der Waals surface area contributed by atoms with E-state index >= 15 is 0 Å². The molecule has 0 bridgehead atoms. The Morgan fingerprint density at radius 3 is 2.93 bits per heavy atom. The summed E-state index contributed by atoms with van der Waals surface area (Å²) in [5, 5.41) is 10.1. The molecule has 3 nitrogen and oxygen atoms in total. The maximum atomic E-state index is 11.4. The molecule has 0 unspecified atom stereocenters. The molecule has 1 aliphatic rings. The first-order chi connectivity index (χ1) is 6.60. The number of allylic oxidation sites excluding steroid dienone is 1. The summed E-state index contributed by atoms with van der Waals surface area (Å²) in [6.07, 6.45) is 6.22. The lowest BCUT2D eigenvalue weighted by Crippen LogP contribution is -2.40. The molecular weight excluding hydrogens is 180 g/mol. The van der Waals surface area contributed by atoms with Crippen LogP contribution >= 0.6 is 0 Å². The van der Waals surface area contributed by atoms with Crippen LogP contribution < -0.4 is 0 Å². The second-order valence-electron chi connectivity index (χ2n) is 3.76. The highest BCUT2D eigenvalue weighted by Crippen LogP contribution is 2.30. The van der Waals surface area contributed by atoms with E-state index in [0.717, 1.165) is 12.8 Å². The maximum Gasteiger partial charge on any atom is 0.311 e. The molecule has 3 heteroatoms. The predicted molar refractivity (Wildman–Crippen MR) is 53.7 cm³/mol. The van der Waals surface area contributed by atoms with Gasteiger partial charge in [-0.3, -0.25) is 4.79 Å². The first-order valence-electron chi connectivity index (χ1n) is 5.17. The van der Waals surface area contributed by atoms with Crippen molar-refractivity contribution < 1.29 is 14.6 Å². The van der Waals surface area contributed by atoms with Gasteiger partial charge >= 0.3 is 5.97 Å². The monoisotopic (exact) mass is 198 g/mol. The zero-order valence-electron chi connectivity index (χ0n) is 8.82. The molecule has 0 fully saturated rings. The van der Waals surface area contributed by atoms with E-state index in [1.165, 1.54) is 0 Å². The average molecular weight is 198 g/mol. The van der Waals surface area contributed by atoms with Crippen molar-refractivity contribution in [1.29, 1.82) is 0 Å². The van der Waals surface area contributed by atoms with Gasteiger partial charge in [-0.05, 0) is 33.1 Å². The Balaban J connectivity index is 2.66. The standard InChI is InChI=1S/C11H18O3/c1-3-14-10(12)9(2)11(13)7-5-4-6-8-11/h5,7,9,13H,3-4,6,8H2,1-2H3/t9-,11+/m1/s1. The third-order valence-electron chi connectivity index (χ3n) is 2.74. The maximum absolute atomic E-state index is 11.4. The number of carbonyl (C=O) groups is 1. The van der Waals surface area contributed by atoms with Gasteiger partial charge in [0.2, 0.25) is 0 Å². The molecule has 1 N–H and O–H groups in total. The van der Waals surface area contributed by atoms with E-state index in [4.69, 9.17) is 4.74 Å². The van der Waals surface area contributed by atoms with Gasteiger partial charge in [0.05, 0.1) is 18.1 Å². The molecule has 80 valence electrons. The van der Waals surface area contributed by atoms with Crippen LogP contribution in [0, 0.1) is 5.92 Å². The minimum atomic E-state index is -0.996. The molecule has 0 spiro atoms. The van der Waals surface area contributed by atoms with Crippen LogP contribution in [0.4, 0.5) is 0 Å². The number of aliphatic hydroxyl groups is 1. The molecule has 14 heavy (non-hydrogen) atoms. The van der Waals surface area contributed by atoms with Crippen LogP contribution in [0.2, 0.25) is 0 Å². The van der Waals surface area contributed by atoms with Gasteiger partial charge in [-0.15, -0.1) is 0 Å². The van der Waals surface area contributed by atoms with Gasteiger partial charge in [0.25, 0.3) is 0 Å². The summed E-state index contributed by atoms with van der Waals surface area (Å²) in [6, 6.07) is 0. The smallest absolute Gasteiger partial charge is 0.311 e. The average Bonchev–Trinajstić information content (AvgIpc) is 2.18. The normalized spacial score (nSPS) is 28.5. The fourth-order valence-corrected chi connectivity index (χ4v) is 1.71. The summed E-state index contributed by atoms with van der Waals surface area (Å²) in [5.74, 6) is -0.791. The lowest BCUT2D eigenvalue weighted by molar-refractivity contribution is -0.154. The molecule has 0 saturated carbocycles. The summed E-state index contributed by atoms with van der Waals surface area (Å²) in [5.41, 5.74) is -0.996. The van der Waals surface area contributed by atoms with Crippen LogP contribution in [0.5, 0.6) is 0 Å². The Morgan fingerprint density at radius 2 is 2.43 bits per heavy atom. The highest BCUT2D eigenvalue weighted by Gasteiger charge is 2.37. The molecular formula is C11H18O3. The topological polar surface area (TPSA) is 46.5 Å². The number of hydrogen-bond donors (Lipinski definition) is 1. The van der Waals surface area contributed by atoms with Gasteiger partial charge in [0.1, 0.15) is 0 Å². The van der Waals surface area contributed by atoms with Gasteiger partial charge in [-0.2, -0.15) is 0 Å². The van der Waals surface area contributed by atoms with Crippen LogP contribution in [0.3, 0.4) is 0 Å². The minimum Gasteiger partial charge on any atom is -0.466 e. The van der Waals surface area contributed by atoms with Crippen LogP contribution in [-0.2, 0) is 9.53 Å². The van der Waals surface area contributed by atoms with Crippen molar-refractivity contribution in [2.75, 3.05) is 6.61 Å². The quantitative estimate of drug-likeness (QED) is 0.554. The molecule has 0 aromatic heterocycles. The summed E-state index contributed by atoms with van der Waals surface area (Å²) in [6.45, 7) is 3.85. The highest BCUT2D eigenvalue weighted by atomic mass is 16.5. The van der Waals surface area contributed by atoms with Gasteiger partial charge in [0.15, 0.2) is 0 Å². The van der Waals surface area contributed by atoms with Crippen molar-refractivity contribution in [3.8, 4) is 0 Å². The molecule has 0 radical (unpaired) electrons. The van der Waals surface area contributed by atoms with E-state index in [0.29, 0.717) is 13.0 Å². The first-order valence-corrected chi connectivity index (χ1v) is 5.17. The van der Waals surface area contributed by atoms with E-state index in [1.807, 2.05) is 6.08 Å². The van der Waals surface area contributed by atoms with Crippen LogP contribution in [-0.4, -0.2) is 23.3 Å². The van der Waals surface area contributed by atoms with E-state index in [-0.39, 0.29) is 5.97 Å². The molecule has 0 aromatic carbocycles. The van der Waals surface area contributed by atoms with E-state index in [2.05, 4.69) is 0 Å². The van der Waals surface area contributed by atoms with E-state index in [1.54, 1.807) is 19.9 Å². The number of hydrogen-bond acceptors (Lipinski definition) is 3. The molecule has 0 aromatic rings. The Labute approximate surface area is 84.8 Å². The Morgan fingerprint density at radius 1 is 1.71 bits per heavy atom. The summed E-state index contributed by atoms with van der Waals surface area (Å²) in [7, 11) is 0.